The molecule has 5 nitrogen and oxygen atoms in total. The van der Waals surface area contributed by atoms with E-state index in [1.54, 1.807) is 0 Å². The molecule has 0 bridgehead atoms. The van der Waals surface area contributed by atoms with E-state index in [4.69, 9.17) is 5.11 Å². The molecule has 0 radical (unpaired) electrons. The zero-order chi connectivity index (χ0) is 11.8. The van der Waals surface area contributed by atoms with Gasteiger partial charge in [0.2, 0.25) is 0 Å². The Kier molecular flexibility index (Phi) is 6.49. The van der Waals surface area contributed by atoms with Crippen LogP contribution in [0.15, 0.2) is 0 Å². The summed E-state index contributed by atoms with van der Waals surface area (Å²) in [4.78, 5) is 21.3. The van der Waals surface area contributed by atoms with Gasteiger partial charge in [0.15, 0.2) is 0 Å². The minimum absolute atomic E-state index is 0.0637. The lowest BCUT2D eigenvalue weighted by Crippen LogP contribution is -2.43. The summed E-state index contributed by atoms with van der Waals surface area (Å²) in [5, 5.41) is 13.3. The zero-order valence-corrected chi connectivity index (χ0v) is 9.54. The Bertz CT molecular complexity index is 219. The molecule has 3 N–H and O–H groups in total. The molecule has 0 rings (SSSR count). The van der Waals surface area contributed by atoms with Crippen LogP contribution in [0, 0.1) is 5.92 Å². The SMILES string of the molecule is CCC(C)CC(C)NC(=O)NCC(=O)O. The number of urea groups is 1. The first-order valence-corrected chi connectivity index (χ1v) is 5.21. The Labute approximate surface area is 90.2 Å². The molecule has 2 atom stereocenters. The number of nitrogens with one attached hydrogen (secondary N) is 2. The molecule has 2 unspecified atom stereocenters. The van der Waals surface area contributed by atoms with E-state index in [-0.39, 0.29) is 12.6 Å². The standard InChI is InChI=1S/C10H20N2O3/c1-4-7(2)5-8(3)12-10(15)11-6-9(13)14/h7-8H,4-6H2,1-3H3,(H,13,14)(H2,11,12,15). The van der Waals surface area contributed by atoms with Crippen LogP contribution in [-0.4, -0.2) is 29.7 Å². The van der Waals surface area contributed by atoms with Gasteiger partial charge in [-0.25, -0.2) is 4.79 Å². The number of aliphatic carboxylic acids is 1. The van der Waals surface area contributed by atoms with Crippen molar-refractivity contribution in [2.75, 3.05) is 6.54 Å². The van der Waals surface area contributed by atoms with Gasteiger partial charge in [0, 0.05) is 6.04 Å². The normalized spacial score (nSPS) is 14.1. The molecule has 0 aromatic carbocycles. The van der Waals surface area contributed by atoms with Gasteiger partial charge < -0.3 is 15.7 Å². The molecule has 0 aliphatic rings. The maximum atomic E-state index is 11.1. The van der Waals surface area contributed by atoms with E-state index in [9.17, 15) is 9.59 Å². The number of amides is 2. The van der Waals surface area contributed by atoms with Crippen LogP contribution in [0.25, 0.3) is 0 Å². The second-order valence-electron chi connectivity index (χ2n) is 3.87. The van der Waals surface area contributed by atoms with E-state index in [1.807, 2.05) is 6.92 Å². The van der Waals surface area contributed by atoms with E-state index in [1.165, 1.54) is 0 Å². The van der Waals surface area contributed by atoms with Crippen molar-refractivity contribution < 1.29 is 14.7 Å². The van der Waals surface area contributed by atoms with Crippen LogP contribution in [0.5, 0.6) is 0 Å². The molecular formula is C10H20N2O3. The largest absolute Gasteiger partial charge is 0.480 e. The molecule has 0 aliphatic carbocycles. The highest BCUT2D eigenvalue weighted by molar-refractivity contribution is 5.79. The molecule has 2 amide bonds. The summed E-state index contributed by atoms with van der Waals surface area (Å²) >= 11 is 0. The van der Waals surface area contributed by atoms with Gasteiger partial charge in [0.1, 0.15) is 6.54 Å². The second-order valence-corrected chi connectivity index (χ2v) is 3.87. The Balaban J connectivity index is 3.71. The lowest BCUT2D eigenvalue weighted by atomic mass is 10.0. The van der Waals surface area contributed by atoms with Crippen molar-refractivity contribution in [1.82, 2.24) is 10.6 Å². The average Bonchev–Trinajstić information content (AvgIpc) is 2.14. The van der Waals surface area contributed by atoms with E-state index in [0.29, 0.717) is 5.92 Å². The number of carbonyl (C=O) groups excluding carboxylic acids is 1. The van der Waals surface area contributed by atoms with E-state index >= 15 is 0 Å². The highest BCUT2D eigenvalue weighted by atomic mass is 16.4. The molecule has 0 aromatic heterocycles. The third-order valence-electron chi connectivity index (χ3n) is 2.23. The minimum Gasteiger partial charge on any atom is -0.480 e. The van der Waals surface area contributed by atoms with Crippen molar-refractivity contribution in [2.24, 2.45) is 5.92 Å². The molecule has 0 fully saturated rings. The second kappa shape index (κ2) is 7.09. The molecule has 0 aliphatic heterocycles. The van der Waals surface area contributed by atoms with Gasteiger partial charge in [-0.15, -0.1) is 0 Å². The van der Waals surface area contributed by atoms with Gasteiger partial charge in [-0.3, -0.25) is 4.79 Å². The van der Waals surface area contributed by atoms with Gasteiger partial charge in [-0.05, 0) is 19.3 Å². The minimum atomic E-state index is -1.04. The molecule has 15 heavy (non-hydrogen) atoms. The topological polar surface area (TPSA) is 78.4 Å². The quantitative estimate of drug-likeness (QED) is 0.624. The highest BCUT2D eigenvalue weighted by Crippen LogP contribution is 2.08. The molecule has 0 heterocycles. The van der Waals surface area contributed by atoms with Gasteiger partial charge in [0.25, 0.3) is 0 Å². The fourth-order valence-electron chi connectivity index (χ4n) is 1.26. The fraction of sp³-hybridized carbons (Fsp3) is 0.800. The number of hydrogen-bond donors (Lipinski definition) is 3. The molecule has 5 heteroatoms. The van der Waals surface area contributed by atoms with Crippen LogP contribution in [0.4, 0.5) is 4.79 Å². The number of hydrogen-bond acceptors (Lipinski definition) is 2. The Morgan fingerprint density at radius 1 is 1.33 bits per heavy atom. The van der Waals surface area contributed by atoms with Gasteiger partial charge in [0.05, 0.1) is 0 Å². The highest BCUT2D eigenvalue weighted by Gasteiger charge is 2.10. The molecular weight excluding hydrogens is 196 g/mol. The number of carbonyl (C=O) groups is 2. The summed E-state index contributed by atoms with van der Waals surface area (Å²) < 4.78 is 0. The number of rotatable bonds is 6. The third-order valence-corrected chi connectivity index (χ3v) is 2.23. The lowest BCUT2D eigenvalue weighted by molar-refractivity contribution is -0.135. The third kappa shape index (κ3) is 7.78. The number of carboxylic acid groups (broad SMARTS) is 1. The summed E-state index contributed by atoms with van der Waals surface area (Å²) in [5.74, 6) is -0.487. The van der Waals surface area contributed by atoms with Crippen molar-refractivity contribution >= 4 is 12.0 Å². The zero-order valence-electron chi connectivity index (χ0n) is 9.54. The summed E-state index contributed by atoms with van der Waals surface area (Å²) in [6.45, 7) is 5.78. The first kappa shape index (κ1) is 13.7. The van der Waals surface area contributed by atoms with E-state index in [0.717, 1.165) is 12.8 Å². The van der Waals surface area contributed by atoms with Crippen molar-refractivity contribution in [3.05, 3.63) is 0 Å². The molecule has 88 valence electrons. The van der Waals surface area contributed by atoms with Crippen LogP contribution in [0.2, 0.25) is 0 Å². The molecule has 0 aromatic rings. The Hall–Kier alpha value is -1.26. The summed E-state index contributed by atoms with van der Waals surface area (Å²) in [7, 11) is 0. The van der Waals surface area contributed by atoms with Crippen molar-refractivity contribution in [2.45, 2.75) is 39.7 Å². The predicted octanol–water partition coefficient (Wildman–Crippen LogP) is 1.19. The molecule has 0 saturated heterocycles. The maximum Gasteiger partial charge on any atom is 0.323 e. The van der Waals surface area contributed by atoms with Crippen molar-refractivity contribution in [3.8, 4) is 0 Å². The van der Waals surface area contributed by atoms with Gasteiger partial charge >= 0.3 is 12.0 Å². The Morgan fingerprint density at radius 2 is 1.93 bits per heavy atom. The van der Waals surface area contributed by atoms with Crippen LogP contribution in [-0.2, 0) is 4.79 Å². The van der Waals surface area contributed by atoms with Crippen LogP contribution in [0.3, 0.4) is 0 Å². The van der Waals surface area contributed by atoms with E-state index < -0.39 is 12.0 Å². The smallest absolute Gasteiger partial charge is 0.323 e. The Morgan fingerprint density at radius 3 is 2.40 bits per heavy atom. The van der Waals surface area contributed by atoms with Gasteiger partial charge in [-0.1, -0.05) is 20.3 Å². The maximum absolute atomic E-state index is 11.1. The summed E-state index contributed by atoms with van der Waals surface area (Å²) in [6, 6.07) is -0.359. The predicted molar refractivity (Wildman–Crippen MR) is 57.7 cm³/mol. The average molecular weight is 216 g/mol. The first-order chi connectivity index (χ1) is 6.95. The van der Waals surface area contributed by atoms with Crippen LogP contribution in [0.1, 0.15) is 33.6 Å². The summed E-state index contributed by atoms with van der Waals surface area (Å²) in [5.41, 5.74) is 0. The molecule has 0 spiro atoms. The first-order valence-electron chi connectivity index (χ1n) is 5.21. The number of carboxylic acids is 1. The fourth-order valence-corrected chi connectivity index (χ4v) is 1.26. The summed E-state index contributed by atoms with van der Waals surface area (Å²) in [6.07, 6.45) is 1.97. The van der Waals surface area contributed by atoms with Crippen molar-refractivity contribution in [1.29, 1.82) is 0 Å². The van der Waals surface area contributed by atoms with Gasteiger partial charge in [-0.2, -0.15) is 0 Å². The monoisotopic (exact) mass is 216 g/mol. The lowest BCUT2D eigenvalue weighted by Gasteiger charge is -2.17. The van der Waals surface area contributed by atoms with Crippen LogP contribution >= 0.6 is 0 Å². The van der Waals surface area contributed by atoms with Crippen LogP contribution < -0.4 is 10.6 Å². The van der Waals surface area contributed by atoms with E-state index in [2.05, 4.69) is 24.5 Å². The molecule has 0 saturated carbocycles. The van der Waals surface area contributed by atoms with Crippen molar-refractivity contribution in [3.63, 3.8) is 0 Å².